The molecular formula is C19H25F4N3. The molecule has 0 saturated carbocycles. The van der Waals surface area contributed by atoms with E-state index in [0.717, 1.165) is 32.0 Å². The monoisotopic (exact) mass is 371 g/mol. The maximum atomic E-state index is 13.4. The van der Waals surface area contributed by atoms with Gasteiger partial charge >= 0.3 is 6.18 Å². The largest absolute Gasteiger partial charge is 0.416 e. The number of hydrogen-bond acceptors (Lipinski definition) is 2. The van der Waals surface area contributed by atoms with Crippen LogP contribution in [0.15, 0.2) is 18.2 Å². The van der Waals surface area contributed by atoms with Crippen LogP contribution in [0.1, 0.15) is 44.2 Å². The maximum Gasteiger partial charge on any atom is 0.416 e. The number of alkyl halides is 3. The number of halogens is 4. The van der Waals surface area contributed by atoms with E-state index in [-0.39, 0.29) is 18.2 Å². The molecule has 0 spiro atoms. The molecule has 3 nitrogen and oxygen atoms in total. The first-order chi connectivity index (χ1) is 12.1. The Labute approximate surface area is 152 Å². The zero-order chi connectivity index (χ0) is 19.4. The Morgan fingerprint density at radius 3 is 2.46 bits per heavy atom. The first-order valence-electron chi connectivity index (χ1n) is 8.81. The second-order valence-corrected chi connectivity index (χ2v) is 7.43. The van der Waals surface area contributed by atoms with Crippen molar-refractivity contribution >= 4 is 0 Å². The van der Waals surface area contributed by atoms with E-state index in [4.69, 9.17) is 6.57 Å². The van der Waals surface area contributed by atoms with Gasteiger partial charge in [0.15, 0.2) is 0 Å². The van der Waals surface area contributed by atoms with Crippen molar-refractivity contribution in [3.8, 4) is 0 Å². The summed E-state index contributed by atoms with van der Waals surface area (Å²) < 4.78 is 53.3. The normalized spacial score (nSPS) is 16.7. The van der Waals surface area contributed by atoms with Gasteiger partial charge in [-0.15, -0.1) is 0 Å². The quantitative estimate of drug-likeness (QED) is 0.587. The van der Waals surface area contributed by atoms with Crippen molar-refractivity contribution in [3.63, 3.8) is 0 Å². The Kier molecular flexibility index (Phi) is 6.64. The molecule has 0 atom stereocenters. The lowest BCUT2D eigenvalue weighted by molar-refractivity contribution is -0.138. The number of benzene rings is 1. The summed E-state index contributed by atoms with van der Waals surface area (Å²) in [6, 6.07) is 3.03. The summed E-state index contributed by atoms with van der Waals surface area (Å²) in [7, 11) is 0. The number of rotatable bonds is 6. The molecule has 1 aromatic rings. The smallest absolute Gasteiger partial charge is 0.317 e. The Morgan fingerprint density at radius 1 is 1.23 bits per heavy atom. The van der Waals surface area contributed by atoms with Crippen LogP contribution >= 0.6 is 0 Å². The highest BCUT2D eigenvalue weighted by Crippen LogP contribution is 2.34. The third kappa shape index (κ3) is 5.68. The predicted molar refractivity (Wildman–Crippen MR) is 93.0 cm³/mol. The number of nitrogens with one attached hydrogen (secondary N) is 1. The lowest BCUT2D eigenvalue weighted by Gasteiger charge is -2.35. The molecule has 1 aliphatic heterocycles. The molecule has 0 aliphatic carbocycles. The van der Waals surface area contributed by atoms with E-state index in [1.54, 1.807) is 0 Å². The van der Waals surface area contributed by atoms with Crippen LogP contribution in [0.3, 0.4) is 0 Å². The Hall–Kier alpha value is -1.65. The van der Waals surface area contributed by atoms with E-state index in [1.165, 1.54) is 6.07 Å². The topological polar surface area (TPSA) is 19.6 Å². The molecule has 2 rings (SSSR count). The second-order valence-electron chi connectivity index (χ2n) is 7.43. The lowest BCUT2D eigenvalue weighted by atomic mass is 9.97. The minimum atomic E-state index is -4.59. The van der Waals surface area contributed by atoms with Crippen molar-refractivity contribution in [2.75, 3.05) is 19.6 Å². The third-order valence-electron chi connectivity index (χ3n) is 4.89. The Bertz CT molecular complexity index is 643. The minimum Gasteiger partial charge on any atom is -0.317 e. The van der Waals surface area contributed by atoms with E-state index in [0.29, 0.717) is 19.0 Å². The van der Waals surface area contributed by atoms with Crippen molar-refractivity contribution < 1.29 is 17.6 Å². The van der Waals surface area contributed by atoms with Crippen molar-refractivity contribution in [2.24, 2.45) is 0 Å². The van der Waals surface area contributed by atoms with Crippen molar-refractivity contribution in [3.05, 3.63) is 46.6 Å². The zero-order valence-corrected chi connectivity index (χ0v) is 15.2. The zero-order valence-electron chi connectivity index (χ0n) is 15.2. The second kappa shape index (κ2) is 8.36. The SMILES string of the molecule is [C-]#[N+]C(C)(C)CCN(Cc1ccc(F)cc1C(F)(F)F)C1CCNCC1. The van der Waals surface area contributed by atoms with Gasteiger partial charge in [-0.05, 0) is 43.6 Å². The van der Waals surface area contributed by atoms with Gasteiger partial charge in [-0.25, -0.2) is 11.0 Å². The highest BCUT2D eigenvalue weighted by molar-refractivity contribution is 5.30. The van der Waals surface area contributed by atoms with Gasteiger partial charge in [0.25, 0.3) is 0 Å². The van der Waals surface area contributed by atoms with Gasteiger partial charge in [-0.2, -0.15) is 13.2 Å². The van der Waals surface area contributed by atoms with Gasteiger partial charge in [-0.3, -0.25) is 4.90 Å². The fraction of sp³-hybridized carbons (Fsp3) is 0.632. The molecule has 0 amide bonds. The van der Waals surface area contributed by atoms with Crippen LogP contribution in [0.25, 0.3) is 4.85 Å². The molecule has 0 bridgehead atoms. The molecule has 0 unspecified atom stereocenters. The highest BCUT2D eigenvalue weighted by atomic mass is 19.4. The average Bonchev–Trinajstić information content (AvgIpc) is 2.59. The van der Waals surface area contributed by atoms with Crippen LogP contribution < -0.4 is 5.32 Å². The molecule has 0 radical (unpaired) electrons. The summed E-state index contributed by atoms with van der Waals surface area (Å²) in [5, 5.41) is 3.26. The van der Waals surface area contributed by atoms with Crippen molar-refractivity contribution in [2.45, 2.75) is 57.4 Å². The molecule has 1 N–H and O–H groups in total. The van der Waals surface area contributed by atoms with E-state index in [2.05, 4.69) is 10.2 Å². The van der Waals surface area contributed by atoms with Gasteiger partial charge in [0.05, 0.1) is 5.56 Å². The van der Waals surface area contributed by atoms with Crippen LogP contribution in [0.5, 0.6) is 0 Å². The summed E-state index contributed by atoms with van der Waals surface area (Å²) in [6.45, 7) is 13.2. The molecule has 7 heteroatoms. The molecular weight excluding hydrogens is 346 g/mol. The number of hydrogen-bond donors (Lipinski definition) is 1. The summed E-state index contributed by atoms with van der Waals surface area (Å²) in [4.78, 5) is 5.62. The fourth-order valence-corrected chi connectivity index (χ4v) is 3.20. The number of nitrogens with zero attached hydrogens (tertiary/aromatic N) is 2. The molecule has 144 valence electrons. The summed E-state index contributed by atoms with van der Waals surface area (Å²) in [5.74, 6) is -0.886. The molecule has 1 saturated heterocycles. The minimum absolute atomic E-state index is 0.0815. The first kappa shape index (κ1) is 20.7. The maximum absolute atomic E-state index is 13.4. The summed E-state index contributed by atoms with van der Waals surface area (Å²) in [6.07, 6.45) is -2.32. The molecule has 26 heavy (non-hydrogen) atoms. The first-order valence-corrected chi connectivity index (χ1v) is 8.81. The van der Waals surface area contributed by atoms with Crippen LogP contribution in [-0.4, -0.2) is 36.1 Å². The average molecular weight is 371 g/mol. The van der Waals surface area contributed by atoms with Gasteiger partial charge in [0.1, 0.15) is 5.82 Å². The molecule has 1 aromatic carbocycles. The van der Waals surface area contributed by atoms with Gasteiger partial charge in [0, 0.05) is 39.4 Å². The van der Waals surface area contributed by atoms with Crippen molar-refractivity contribution in [1.29, 1.82) is 0 Å². The summed E-state index contributed by atoms with van der Waals surface area (Å²) >= 11 is 0. The fourth-order valence-electron chi connectivity index (χ4n) is 3.20. The third-order valence-corrected chi connectivity index (χ3v) is 4.89. The van der Waals surface area contributed by atoms with E-state index in [9.17, 15) is 17.6 Å². The van der Waals surface area contributed by atoms with Crippen LogP contribution in [-0.2, 0) is 12.7 Å². The number of piperidine rings is 1. The molecule has 0 aromatic heterocycles. The molecule has 1 fully saturated rings. The molecule has 1 heterocycles. The van der Waals surface area contributed by atoms with Gasteiger partial charge in [-0.1, -0.05) is 6.07 Å². The van der Waals surface area contributed by atoms with E-state index >= 15 is 0 Å². The highest BCUT2D eigenvalue weighted by Gasteiger charge is 2.35. The Balaban J connectivity index is 2.25. The molecule has 1 aliphatic rings. The van der Waals surface area contributed by atoms with Gasteiger partial charge < -0.3 is 10.2 Å². The predicted octanol–water partition coefficient (Wildman–Crippen LogP) is 4.49. The van der Waals surface area contributed by atoms with Crippen molar-refractivity contribution in [1.82, 2.24) is 10.2 Å². The summed E-state index contributed by atoms with van der Waals surface area (Å²) in [5.41, 5.74) is -1.39. The van der Waals surface area contributed by atoms with E-state index < -0.39 is 23.1 Å². The van der Waals surface area contributed by atoms with Gasteiger partial charge in [0.2, 0.25) is 5.54 Å². The van der Waals surface area contributed by atoms with Crippen LogP contribution in [0, 0.1) is 12.4 Å². The van der Waals surface area contributed by atoms with Crippen LogP contribution in [0.4, 0.5) is 17.6 Å². The standard InChI is InChI=1S/C19H25F4N3/c1-18(2,24-3)8-11-26(16-6-9-25-10-7-16)13-14-4-5-15(20)12-17(14)19(21,22)23/h4-5,12,16,25H,6-11,13H2,1-2H3. The van der Waals surface area contributed by atoms with Crippen LogP contribution in [0.2, 0.25) is 0 Å². The van der Waals surface area contributed by atoms with E-state index in [1.807, 2.05) is 18.7 Å². The lowest BCUT2D eigenvalue weighted by Crippen LogP contribution is -2.44. The Morgan fingerprint density at radius 2 is 1.88 bits per heavy atom.